The van der Waals surface area contributed by atoms with Crippen molar-refractivity contribution in [1.29, 1.82) is 0 Å². The van der Waals surface area contributed by atoms with Crippen LogP contribution in [0.1, 0.15) is 48.6 Å². The number of nitrogens with one attached hydrogen (secondary N) is 1. The van der Waals surface area contributed by atoms with Gasteiger partial charge in [-0.15, -0.1) is 0 Å². The summed E-state index contributed by atoms with van der Waals surface area (Å²) in [6.07, 6.45) is 6.18. The van der Waals surface area contributed by atoms with Crippen LogP contribution in [0, 0.1) is 0 Å². The Bertz CT molecular complexity index is 589. The van der Waals surface area contributed by atoms with E-state index in [4.69, 9.17) is 4.98 Å². The zero-order valence-corrected chi connectivity index (χ0v) is 11.6. The number of anilines is 1. The molecule has 1 N–H and O–H groups in total. The number of hydrogen-bond donors (Lipinski definition) is 1. The Hall–Kier alpha value is -1.42. The van der Waals surface area contributed by atoms with Crippen molar-refractivity contribution in [2.24, 2.45) is 0 Å². The smallest absolute Gasteiger partial charge is 0.202 e. The van der Waals surface area contributed by atoms with Gasteiger partial charge in [0.15, 0.2) is 5.82 Å². The van der Waals surface area contributed by atoms with Crippen LogP contribution in [0.4, 0.5) is 5.13 Å². The van der Waals surface area contributed by atoms with E-state index in [9.17, 15) is 0 Å². The highest BCUT2D eigenvalue weighted by Gasteiger charge is 2.26. The summed E-state index contributed by atoms with van der Waals surface area (Å²) in [7, 11) is 0. The topological polar surface area (TPSA) is 37.8 Å². The second-order valence-electron chi connectivity index (χ2n) is 5.52. The second kappa shape index (κ2) is 4.60. The molecule has 4 heteroatoms. The molecule has 1 atom stereocenters. The molecule has 1 unspecified atom stereocenters. The Labute approximate surface area is 117 Å². The van der Waals surface area contributed by atoms with Crippen molar-refractivity contribution in [3.05, 3.63) is 41.2 Å². The van der Waals surface area contributed by atoms with Crippen LogP contribution in [-0.4, -0.2) is 15.4 Å². The van der Waals surface area contributed by atoms with Gasteiger partial charge in [-0.25, -0.2) is 4.98 Å². The van der Waals surface area contributed by atoms with Crippen LogP contribution in [0.25, 0.3) is 0 Å². The first-order valence-corrected chi connectivity index (χ1v) is 7.85. The summed E-state index contributed by atoms with van der Waals surface area (Å²) in [6, 6.07) is 9.41. The molecule has 1 heterocycles. The molecule has 3 nitrogen and oxygen atoms in total. The van der Waals surface area contributed by atoms with Crippen LogP contribution >= 0.6 is 11.5 Å². The highest BCUT2D eigenvalue weighted by molar-refractivity contribution is 7.09. The van der Waals surface area contributed by atoms with Gasteiger partial charge >= 0.3 is 0 Å². The van der Waals surface area contributed by atoms with Crippen LogP contribution in [-0.2, 0) is 6.42 Å². The fourth-order valence-corrected chi connectivity index (χ4v) is 3.56. The van der Waals surface area contributed by atoms with Crippen molar-refractivity contribution in [3.8, 4) is 0 Å². The second-order valence-corrected chi connectivity index (χ2v) is 6.27. The Morgan fingerprint density at radius 2 is 2.05 bits per heavy atom. The Kier molecular flexibility index (Phi) is 2.76. The predicted molar refractivity (Wildman–Crippen MR) is 77.8 cm³/mol. The molecule has 1 saturated carbocycles. The molecule has 0 aliphatic heterocycles. The third-order valence-electron chi connectivity index (χ3n) is 4.03. The van der Waals surface area contributed by atoms with E-state index in [0.717, 1.165) is 11.0 Å². The van der Waals surface area contributed by atoms with Gasteiger partial charge in [-0.3, -0.25) is 0 Å². The molecule has 1 aromatic heterocycles. The van der Waals surface area contributed by atoms with Crippen molar-refractivity contribution in [1.82, 2.24) is 9.36 Å². The molecule has 19 heavy (non-hydrogen) atoms. The molecular weight excluding hydrogens is 254 g/mol. The number of aromatic nitrogens is 2. The van der Waals surface area contributed by atoms with Crippen LogP contribution in [0.2, 0.25) is 0 Å². The summed E-state index contributed by atoms with van der Waals surface area (Å²) in [5.41, 5.74) is 2.91. The third kappa shape index (κ3) is 2.25. The number of nitrogens with zero attached hydrogens (tertiary/aromatic N) is 2. The van der Waals surface area contributed by atoms with Gasteiger partial charge in [0.2, 0.25) is 5.13 Å². The van der Waals surface area contributed by atoms with Gasteiger partial charge in [0.25, 0.3) is 0 Å². The average molecular weight is 271 g/mol. The zero-order valence-electron chi connectivity index (χ0n) is 10.8. The molecule has 98 valence electrons. The molecule has 0 saturated heterocycles. The lowest BCUT2D eigenvalue weighted by Gasteiger charge is -2.23. The van der Waals surface area contributed by atoms with E-state index >= 15 is 0 Å². The van der Waals surface area contributed by atoms with Crippen molar-refractivity contribution in [3.63, 3.8) is 0 Å². The monoisotopic (exact) mass is 271 g/mol. The van der Waals surface area contributed by atoms with Crippen molar-refractivity contribution < 1.29 is 0 Å². The molecule has 1 fully saturated rings. The first-order chi connectivity index (χ1) is 9.40. The summed E-state index contributed by atoms with van der Waals surface area (Å²) in [6.45, 7) is 0. The fraction of sp³-hybridized carbons (Fsp3) is 0.467. The molecule has 0 amide bonds. The quantitative estimate of drug-likeness (QED) is 0.927. The van der Waals surface area contributed by atoms with Gasteiger partial charge in [-0.2, -0.15) is 4.37 Å². The van der Waals surface area contributed by atoms with Crippen molar-refractivity contribution in [2.45, 2.75) is 44.1 Å². The van der Waals surface area contributed by atoms with E-state index in [1.54, 1.807) is 0 Å². The largest absolute Gasteiger partial charge is 0.358 e. The minimum atomic E-state index is 0.399. The van der Waals surface area contributed by atoms with Gasteiger partial charge < -0.3 is 5.32 Å². The van der Waals surface area contributed by atoms with E-state index in [2.05, 4.69) is 34.0 Å². The number of fused-ring (bicyclic) bond motifs is 1. The van der Waals surface area contributed by atoms with Crippen molar-refractivity contribution in [2.75, 3.05) is 5.32 Å². The van der Waals surface area contributed by atoms with E-state index < -0.39 is 0 Å². The van der Waals surface area contributed by atoms with E-state index in [1.807, 2.05) is 0 Å². The number of hydrogen-bond acceptors (Lipinski definition) is 4. The molecule has 2 aromatic rings. The average Bonchev–Trinajstić information content (AvgIpc) is 3.14. The summed E-state index contributed by atoms with van der Waals surface area (Å²) < 4.78 is 4.59. The highest BCUT2D eigenvalue weighted by Crippen LogP contribution is 2.36. The van der Waals surface area contributed by atoms with Gasteiger partial charge in [-0.05, 0) is 43.2 Å². The number of benzene rings is 1. The summed E-state index contributed by atoms with van der Waals surface area (Å²) in [5.74, 6) is 1.41. The minimum absolute atomic E-state index is 0.399. The fourth-order valence-electron chi connectivity index (χ4n) is 2.86. The Balaban J connectivity index is 1.63. The summed E-state index contributed by atoms with van der Waals surface area (Å²) in [4.78, 5) is 4.71. The molecule has 0 radical (unpaired) electrons. The number of rotatable bonds is 3. The zero-order chi connectivity index (χ0) is 12.7. The summed E-state index contributed by atoms with van der Waals surface area (Å²) in [5, 5.41) is 4.44. The normalized spacial score (nSPS) is 22.0. The van der Waals surface area contributed by atoms with Crippen LogP contribution < -0.4 is 5.32 Å². The lowest BCUT2D eigenvalue weighted by molar-refractivity contribution is 0.596. The first-order valence-electron chi connectivity index (χ1n) is 7.08. The molecule has 0 spiro atoms. The standard InChI is InChI=1S/C15H17N3S/c1-2-6-12-10(4-1)5-3-7-13(12)14-17-15(19-18-14)16-11-8-9-11/h1-2,4,6,11,13H,3,5,7-9H2,(H,16,17,18). The van der Waals surface area contributed by atoms with Crippen LogP contribution in [0.5, 0.6) is 0 Å². The first kappa shape index (κ1) is 11.4. The highest BCUT2D eigenvalue weighted by atomic mass is 32.1. The maximum Gasteiger partial charge on any atom is 0.202 e. The molecule has 0 bridgehead atoms. The number of aryl methyl sites for hydroxylation is 1. The van der Waals surface area contributed by atoms with Crippen LogP contribution in [0.3, 0.4) is 0 Å². The van der Waals surface area contributed by atoms with Gasteiger partial charge in [0.1, 0.15) is 0 Å². The molecule has 1 aromatic carbocycles. The SMILES string of the molecule is c1ccc2c(c1)CCCC2c1nsc(NC2CC2)n1. The maximum atomic E-state index is 4.71. The van der Waals surface area contributed by atoms with Gasteiger partial charge in [0, 0.05) is 23.5 Å². The maximum absolute atomic E-state index is 4.71. The van der Waals surface area contributed by atoms with E-state index in [1.165, 1.54) is 54.8 Å². The third-order valence-corrected chi connectivity index (χ3v) is 4.69. The van der Waals surface area contributed by atoms with Gasteiger partial charge in [-0.1, -0.05) is 24.3 Å². The van der Waals surface area contributed by atoms with Crippen LogP contribution in [0.15, 0.2) is 24.3 Å². The molecular formula is C15H17N3S. The van der Waals surface area contributed by atoms with Gasteiger partial charge in [0.05, 0.1) is 0 Å². The molecule has 2 aliphatic rings. The Morgan fingerprint density at radius 3 is 2.95 bits per heavy atom. The molecule has 2 aliphatic carbocycles. The molecule has 4 rings (SSSR count). The van der Waals surface area contributed by atoms with Crippen molar-refractivity contribution >= 4 is 16.7 Å². The predicted octanol–water partition coefficient (Wildman–Crippen LogP) is 3.58. The Morgan fingerprint density at radius 1 is 1.16 bits per heavy atom. The minimum Gasteiger partial charge on any atom is -0.358 e. The summed E-state index contributed by atoms with van der Waals surface area (Å²) >= 11 is 1.51. The van der Waals surface area contributed by atoms with E-state index in [0.29, 0.717) is 12.0 Å². The lowest BCUT2D eigenvalue weighted by Crippen LogP contribution is -2.12. The lowest BCUT2D eigenvalue weighted by atomic mass is 9.82. The van der Waals surface area contributed by atoms with E-state index in [-0.39, 0.29) is 0 Å².